The van der Waals surface area contributed by atoms with Crippen LogP contribution in [0.4, 0.5) is 0 Å². The summed E-state index contributed by atoms with van der Waals surface area (Å²) in [5.41, 5.74) is 4.43. The zero-order valence-corrected chi connectivity index (χ0v) is 13.8. The molecule has 1 aromatic rings. The average molecular weight is 335 g/mol. The average Bonchev–Trinajstić information content (AvgIpc) is 2.47. The maximum absolute atomic E-state index is 12.1. The van der Waals surface area contributed by atoms with Gasteiger partial charge >= 0.3 is 0 Å². The quantitative estimate of drug-likeness (QED) is 0.523. The molecule has 0 aliphatic heterocycles. The van der Waals surface area contributed by atoms with Crippen molar-refractivity contribution in [2.24, 2.45) is 5.92 Å². The molecule has 0 unspecified atom stereocenters. The molecule has 1 atom stereocenters. The molecule has 0 radical (unpaired) electrons. The van der Waals surface area contributed by atoms with Crippen LogP contribution < -0.4 is 0 Å². The number of hydrogen-bond donors (Lipinski definition) is 0. The lowest BCUT2D eigenvalue weighted by atomic mass is 9.80. The van der Waals surface area contributed by atoms with Gasteiger partial charge in [0.15, 0.2) is 0 Å². The number of Topliss-reactive ketones (excluding diaryl/α,β-unsaturated/α-hetero) is 1. The van der Waals surface area contributed by atoms with Crippen LogP contribution in [0.25, 0.3) is 0 Å². The van der Waals surface area contributed by atoms with E-state index < -0.39 is 0 Å². The summed E-state index contributed by atoms with van der Waals surface area (Å²) in [4.78, 5) is 12.1. The molecule has 1 nitrogen and oxygen atoms in total. The Kier molecular flexibility index (Phi) is 6.03. The minimum atomic E-state index is 0.266. The van der Waals surface area contributed by atoms with Gasteiger partial charge in [0.2, 0.25) is 0 Å². The van der Waals surface area contributed by atoms with Crippen LogP contribution in [0.15, 0.2) is 41.5 Å². The summed E-state index contributed by atoms with van der Waals surface area (Å²) in [5.74, 6) is 0.702. The molecule has 0 fully saturated rings. The van der Waals surface area contributed by atoms with Crippen molar-refractivity contribution in [1.82, 2.24) is 0 Å². The normalized spacial score (nSPS) is 19.2. The number of aryl methyl sites for hydroxylation is 1. The van der Waals surface area contributed by atoms with Gasteiger partial charge in [-0.05, 0) is 44.6 Å². The minimum Gasteiger partial charge on any atom is -0.299 e. The van der Waals surface area contributed by atoms with Gasteiger partial charge in [0.25, 0.3) is 0 Å². The van der Waals surface area contributed by atoms with Crippen LogP contribution in [0.5, 0.6) is 0 Å². The molecule has 0 aromatic heterocycles. The summed E-state index contributed by atoms with van der Waals surface area (Å²) in [7, 11) is 0. The molecule has 0 N–H and O–H groups in total. The molecule has 1 aliphatic carbocycles. The van der Waals surface area contributed by atoms with Crippen LogP contribution in [-0.2, 0) is 11.2 Å². The first-order chi connectivity index (χ1) is 9.70. The van der Waals surface area contributed by atoms with Gasteiger partial charge in [-0.15, -0.1) is 0 Å². The molecule has 2 rings (SSSR count). The first-order valence-electron chi connectivity index (χ1n) is 7.51. The molecule has 108 valence electrons. The van der Waals surface area contributed by atoms with Crippen LogP contribution in [0.3, 0.4) is 0 Å². The van der Waals surface area contributed by atoms with Crippen molar-refractivity contribution in [3.8, 4) is 0 Å². The highest BCUT2D eigenvalue weighted by molar-refractivity contribution is 9.09. The smallest absolute Gasteiger partial charge is 0.137 e. The fourth-order valence-corrected chi connectivity index (χ4v) is 3.36. The van der Waals surface area contributed by atoms with Gasteiger partial charge in [-0.2, -0.15) is 0 Å². The van der Waals surface area contributed by atoms with Gasteiger partial charge in [0, 0.05) is 17.7 Å². The number of hydrogen-bond acceptors (Lipinski definition) is 1. The zero-order valence-electron chi connectivity index (χ0n) is 12.2. The SMILES string of the molecule is CC1=C(CCc2ccccc2)C[C@H](C(=O)CCBr)CC1. The Bertz CT molecular complexity index is 475. The fraction of sp³-hybridized carbons (Fsp3) is 0.500. The Balaban J connectivity index is 1.94. The summed E-state index contributed by atoms with van der Waals surface area (Å²) >= 11 is 3.37. The number of allylic oxidation sites excluding steroid dienone is 2. The van der Waals surface area contributed by atoms with E-state index in [1.807, 2.05) is 0 Å². The Morgan fingerprint density at radius 3 is 2.70 bits per heavy atom. The number of ketones is 1. The summed E-state index contributed by atoms with van der Waals surface area (Å²) in [6.45, 7) is 2.24. The van der Waals surface area contributed by atoms with Crippen molar-refractivity contribution in [2.45, 2.75) is 45.4 Å². The second kappa shape index (κ2) is 7.78. The summed E-state index contributed by atoms with van der Waals surface area (Å²) in [5, 5.41) is 0.796. The molecule has 0 spiro atoms. The van der Waals surface area contributed by atoms with Crippen molar-refractivity contribution in [3.05, 3.63) is 47.0 Å². The number of carbonyl (C=O) groups is 1. The predicted molar refractivity (Wildman–Crippen MR) is 88.2 cm³/mol. The lowest BCUT2D eigenvalue weighted by molar-refractivity contribution is -0.122. The van der Waals surface area contributed by atoms with Crippen molar-refractivity contribution in [3.63, 3.8) is 0 Å². The largest absolute Gasteiger partial charge is 0.299 e. The molecule has 20 heavy (non-hydrogen) atoms. The van der Waals surface area contributed by atoms with E-state index in [1.54, 1.807) is 0 Å². The van der Waals surface area contributed by atoms with E-state index in [0.717, 1.165) is 37.4 Å². The maximum Gasteiger partial charge on any atom is 0.137 e. The highest BCUT2D eigenvalue weighted by Crippen LogP contribution is 2.33. The molecule has 0 saturated heterocycles. The molecule has 0 amide bonds. The molecular weight excluding hydrogens is 312 g/mol. The van der Waals surface area contributed by atoms with E-state index >= 15 is 0 Å². The third-order valence-electron chi connectivity index (χ3n) is 4.32. The fourth-order valence-electron chi connectivity index (χ4n) is 2.97. The highest BCUT2D eigenvalue weighted by atomic mass is 79.9. The van der Waals surface area contributed by atoms with E-state index in [1.165, 1.54) is 16.7 Å². The van der Waals surface area contributed by atoms with Gasteiger partial charge in [-0.1, -0.05) is 57.4 Å². The molecule has 0 heterocycles. The molecule has 0 saturated carbocycles. The zero-order chi connectivity index (χ0) is 14.4. The third-order valence-corrected chi connectivity index (χ3v) is 4.72. The first kappa shape index (κ1) is 15.5. The summed E-state index contributed by atoms with van der Waals surface area (Å²) in [6.07, 6.45) is 6.01. The van der Waals surface area contributed by atoms with Crippen LogP contribution in [0.1, 0.15) is 44.6 Å². The van der Waals surface area contributed by atoms with Gasteiger partial charge in [0.1, 0.15) is 5.78 Å². The second-order valence-corrected chi connectivity index (χ2v) is 6.51. The predicted octanol–water partition coefficient (Wildman–Crippen LogP) is 5.09. The molecule has 2 heteroatoms. The Hall–Kier alpha value is -0.890. The Labute approximate surface area is 130 Å². The minimum absolute atomic E-state index is 0.266. The summed E-state index contributed by atoms with van der Waals surface area (Å²) in [6, 6.07) is 10.6. The monoisotopic (exact) mass is 334 g/mol. The molecule has 1 aromatic carbocycles. The van der Waals surface area contributed by atoms with Gasteiger partial charge in [-0.3, -0.25) is 4.79 Å². The second-order valence-electron chi connectivity index (χ2n) is 5.71. The van der Waals surface area contributed by atoms with Crippen LogP contribution in [-0.4, -0.2) is 11.1 Å². The van der Waals surface area contributed by atoms with E-state index in [9.17, 15) is 4.79 Å². The third kappa shape index (κ3) is 4.31. The summed E-state index contributed by atoms with van der Waals surface area (Å²) < 4.78 is 0. The van der Waals surface area contributed by atoms with Gasteiger partial charge in [0.05, 0.1) is 0 Å². The van der Waals surface area contributed by atoms with E-state index in [-0.39, 0.29) is 5.92 Å². The number of benzene rings is 1. The highest BCUT2D eigenvalue weighted by Gasteiger charge is 2.24. The maximum atomic E-state index is 12.1. The molecule has 1 aliphatic rings. The number of rotatable bonds is 6. The van der Waals surface area contributed by atoms with Crippen molar-refractivity contribution >= 4 is 21.7 Å². The first-order valence-corrected chi connectivity index (χ1v) is 8.63. The van der Waals surface area contributed by atoms with Crippen molar-refractivity contribution < 1.29 is 4.79 Å². The topological polar surface area (TPSA) is 17.1 Å². The number of carbonyl (C=O) groups excluding carboxylic acids is 1. The van der Waals surface area contributed by atoms with Crippen molar-refractivity contribution in [2.75, 3.05) is 5.33 Å². The van der Waals surface area contributed by atoms with E-state index in [0.29, 0.717) is 12.2 Å². The molecule has 0 bridgehead atoms. The Morgan fingerprint density at radius 2 is 2.00 bits per heavy atom. The van der Waals surface area contributed by atoms with E-state index in [4.69, 9.17) is 0 Å². The van der Waals surface area contributed by atoms with Crippen LogP contribution >= 0.6 is 15.9 Å². The number of halogens is 1. The van der Waals surface area contributed by atoms with Crippen LogP contribution in [0.2, 0.25) is 0 Å². The van der Waals surface area contributed by atoms with Crippen molar-refractivity contribution in [1.29, 1.82) is 0 Å². The van der Waals surface area contributed by atoms with Crippen LogP contribution in [0, 0.1) is 5.92 Å². The lowest BCUT2D eigenvalue weighted by Crippen LogP contribution is -2.19. The number of alkyl halides is 1. The lowest BCUT2D eigenvalue weighted by Gasteiger charge is -2.25. The van der Waals surface area contributed by atoms with E-state index in [2.05, 4.69) is 53.2 Å². The van der Waals surface area contributed by atoms with Gasteiger partial charge < -0.3 is 0 Å². The Morgan fingerprint density at radius 1 is 1.25 bits per heavy atom. The standard InChI is InChI=1S/C18H23BrO/c1-14-7-9-17(18(20)11-12-19)13-16(14)10-8-15-5-3-2-4-6-15/h2-6,17H,7-13H2,1H3/t17-/m1/s1. The van der Waals surface area contributed by atoms with Gasteiger partial charge in [-0.25, -0.2) is 0 Å². The molecular formula is C18H23BrO.